The summed E-state index contributed by atoms with van der Waals surface area (Å²) in [6.45, 7) is 11.1. The number of nitrogens with zero attached hydrogens (tertiary/aromatic N) is 5. The lowest BCUT2D eigenvalue weighted by molar-refractivity contribution is -0.384. The maximum Gasteiger partial charge on any atom is 0.297 e. The zero-order valence-corrected chi connectivity index (χ0v) is 40.0. The fraction of sp³-hybridized carbons (Fsp3) is 0.440. The number of aromatic amines is 1. The number of hydrogen-bond acceptors (Lipinski definition) is 13. The van der Waals surface area contributed by atoms with Gasteiger partial charge in [0, 0.05) is 86.9 Å². The fourth-order valence-corrected chi connectivity index (χ4v) is 11.5. The van der Waals surface area contributed by atoms with E-state index in [2.05, 4.69) is 50.8 Å². The number of nitro groups is 1. The number of H-pyrrole nitrogens is 1. The van der Waals surface area contributed by atoms with Gasteiger partial charge in [0.05, 0.1) is 33.7 Å². The van der Waals surface area contributed by atoms with Gasteiger partial charge in [-0.2, -0.15) is 4.98 Å². The van der Waals surface area contributed by atoms with Crippen LogP contribution in [0.25, 0.3) is 16.6 Å². The smallest absolute Gasteiger partial charge is 0.297 e. The molecule has 0 saturated carbocycles. The number of carbonyl (C=O) groups excluding carboxylic acids is 1. The Morgan fingerprint density at radius 1 is 0.971 bits per heavy atom. The number of fused-ring (bicyclic) bond motifs is 3. The highest BCUT2D eigenvalue weighted by molar-refractivity contribution is 7.90. The number of pyridine rings is 1. The molecule has 358 valence electrons. The van der Waals surface area contributed by atoms with E-state index in [1.807, 2.05) is 41.3 Å². The largest absolute Gasteiger partial charge is 0.489 e. The first-order chi connectivity index (χ1) is 32.8. The third-order valence-corrected chi connectivity index (χ3v) is 15.8. The van der Waals surface area contributed by atoms with Gasteiger partial charge < -0.3 is 34.3 Å². The number of hydrogen-bond donors (Lipinski definition) is 3. The molecule has 0 radical (unpaired) electrons. The van der Waals surface area contributed by atoms with Crippen LogP contribution in [0.1, 0.15) is 74.7 Å². The number of halogens is 1. The van der Waals surface area contributed by atoms with Crippen molar-refractivity contribution in [3.63, 3.8) is 0 Å². The number of nitro benzene ring substituents is 1. The van der Waals surface area contributed by atoms with Gasteiger partial charge in [0.2, 0.25) is 5.88 Å². The van der Waals surface area contributed by atoms with E-state index >= 15 is 0 Å². The second kappa shape index (κ2) is 18.9. The van der Waals surface area contributed by atoms with Crippen molar-refractivity contribution in [2.75, 3.05) is 80.8 Å². The minimum atomic E-state index is -4.66. The average molecular weight is 966 g/mol. The molecule has 1 amide bonds. The number of sulfonamides is 1. The average Bonchev–Trinajstić information content (AvgIpc) is 3.70. The molecule has 5 aliphatic rings. The monoisotopic (exact) mass is 964 g/mol. The molecule has 0 spiro atoms. The molecule has 3 N–H and O–H groups in total. The van der Waals surface area contributed by atoms with Crippen molar-refractivity contribution < 1.29 is 32.3 Å². The molecule has 4 aliphatic heterocycles. The van der Waals surface area contributed by atoms with Crippen molar-refractivity contribution >= 4 is 72.6 Å². The summed E-state index contributed by atoms with van der Waals surface area (Å²) >= 11 is 6.27. The van der Waals surface area contributed by atoms with Crippen LogP contribution in [-0.2, 0) is 14.8 Å². The van der Waals surface area contributed by atoms with E-state index in [0.29, 0.717) is 55.7 Å². The van der Waals surface area contributed by atoms with Crippen molar-refractivity contribution in [2.45, 2.75) is 69.7 Å². The van der Waals surface area contributed by atoms with Gasteiger partial charge in [-0.3, -0.25) is 19.8 Å². The van der Waals surface area contributed by atoms with Crippen molar-refractivity contribution in [2.24, 2.45) is 11.3 Å². The SMILES string of the molecule is CC1(C)CCC(CCN2CCN(c3ccc(C(=O)NS(=O)(=O)c4cc5c(c([N+](=O)[O-])c4)N[C@H](C4CCOCC4)CO5)c(N4CCCOc5nc6[nH]ccc6cc54)c3)CC2)=C(c2ccc(Cl)cc2)C1. The Kier molecular flexibility index (Phi) is 12.8. The van der Waals surface area contributed by atoms with Crippen LogP contribution in [0.15, 0.2) is 83.4 Å². The van der Waals surface area contributed by atoms with Gasteiger partial charge in [0.15, 0.2) is 11.4 Å². The molecule has 1 aliphatic carbocycles. The van der Waals surface area contributed by atoms with Crippen LogP contribution in [0.3, 0.4) is 0 Å². The van der Waals surface area contributed by atoms with Crippen LogP contribution >= 0.6 is 11.6 Å². The fourth-order valence-electron chi connectivity index (χ4n) is 10.4. The normalized spacial score (nSPS) is 20.1. The Balaban J connectivity index is 0.912. The summed E-state index contributed by atoms with van der Waals surface area (Å²) in [4.78, 5) is 40.5. The molecule has 18 heteroatoms. The first-order valence-electron chi connectivity index (χ1n) is 23.6. The highest BCUT2D eigenvalue weighted by Gasteiger charge is 2.36. The number of benzene rings is 3. The molecule has 3 aromatic carbocycles. The number of piperazine rings is 1. The van der Waals surface area contributed by atoms with E-state index in [0.717, 1.165) is 93.4 Å². The molecule has 2 fully saturated rings. The third-order valence-electron chi connectivity index (χ3n) is 14.3. The van der Waals surface area contributed by atoms with Crippen LogP contribution in [0, 0.1) is 21.4 Å². The quantitative estimate of drug-likeness (QED) is 0.0843. The van der Waals surface area contributed by atoms with Gasteiger partial charge in [0.1, 0.15) is 17.9 Å². The molecular formula is C50H57ClN8O8S. The minimum Gasteiger partial charge on any atom is -0.489 e. The van der Waals surface area contributed by atoms with Crippen molar-refractivity contribution in [3.8, 4) is 11.6 Å². The van der Waals surface area contributed by atoms with Crippen molar-refractivity contribution in [1.29, 1.82) is 0 Å². The first-order valence-corrected chi connectivity index (χ1v) is 25.5. The second-order valence-corrected chi connectivity index (χ2v) is 21.4. The Hall–Kier alpha value is -5.88. The summed E-state index contributed by atoms with van der Waals surface area (Å²) in [5.74, 6) is -0.297. The Labute approximate surface area is 401 Å². The van der Waals surface area contributed by atoms with E-state index in [9.17, 15) is 23.3 Å². The summed E-state index contributed by atoms with van der Waals surface area (Å²) in [6, 6.07) is 19.6. The Bertz CT molecular complexity index is 2870. The predicted molar refractivity (Wildman–Crippen MR) is 263 cm³/mol. The summed E-state index contributed by atoms with van der Waals surface area (Å²) in [5, 5.41) is 17.3. The van der Waals surface area contributed by atoms with Gasteiger partial charge in [-0.15, -0.1) is 0 Å². The molecule has 10 rings (SSSR count). The first kappa shape index (κ1) is 45.9. The van der Waals surface area contributed by atoms with E-state index in [1.165, 1.54) is 22.8 Å². The number of anilines is 4. The van der Waals surface area contributed by atoms with Crippen molar-refractivity contribution in [1.82, 2.24) is 19.6 Å². The molecule has 5 aromatic rings. The summed E-state index contributed by atoms with van der Waals surface area (Å²) < 4.78 is 48.2. The Morgan fingerprint density at radius 2 is 1.76 bits per heavy atom. The number of allylic oxidation sites excluding steroid dienone is 1. The summed E-state index contributed by atoms with van der Waals surface area (Å²) in [7, 11) is -4.66. The number of carbonyl (C=O) groups is 1. The highest BCUT2D eigenvalue weighted by atomic mass is 35.5. The second-order valence-electron chi connectivity index (χ2n) is 19.3. The van der Waals surface area contributed by atoms with E-state index in [-0.39, 0.29) is 41.0 Å². The van der Waals surface area contributed by atoms with Gasteiger partial charge in [-0.25, -0.2) is 13.1 Å². The lowest BCUT2D eigenvalue weighted by Gasteiger charge is -2.38. The topological polar surface area (TPSA) is 184 Å². The van der Waals surface area contributed by atoms with Gasteiger partial charge in [-0.1, -0.05) is 43.2 Å². The number of rotatable bonds is 11. The molecule has 68 heavy (non-hydrogen) atoms. The van der Waals surface area contributed by atoms with E-state index in [1.54, 1.807) is 12.3 Å². The zero-order chi connectivity index (χ0) is 47.2. The van der Waals surface area contributed by atoms with Crippen molar-refractivity contribution in [3.05, 3.63) is 105 Å². The molecule has 1 atom stereocenters. The van der Waals surface area contributed by atoms with Crippen LogP contribution < -0.4 is 29.3 Å². The van der Waals surface area contributed by atoms with Gasteiger partial charge in [-0.05, 0) is 110 Å². The van der Waals surface area contributed by atoms with Crippen LogP contribution in [0.5, 0.6) is 11.6 Å². The van der Waals surface area contributed by atoms with Gasteiger partial charge >= 0.3 is 0 Å². The maximum atomic E-state index is 14.5. The van der Waals surface area contributed by atoms with E-state index < -0.39 is 31.4 Å². The van der Waals surface area contributed by atoms with Crippen LogP contribution in [0.2, 0.25) is 5.02 Å². The van der Waals surface area contributed by atoms with Crippen LogP contribution in [-0.4, -0.2) is 106 Å². The lowest BCUT2D eigenvalue weighted by atomic mass is 9.72. The number of amides is 1. The number of ether oxygens (including phenoxy) is 3. The van der Waals surface area contributed by atoms with Crippen LogP contribution in [0.4, 0.5) is 28.4 Å². The molecule has 0 bridgehead atoms. The Morgan fingerprint density at radius 3 is 2.54 bits per heavy atom. The lowest BCUT2D eigenvalue weighted by Crippen LogP contribution is -2.46. The predicted octanol–water partition coefficient (Wildman–Crippen LogP) is 8.94. The zero-order valence-electron chi connectivity index (χ0n) is 38.4. The molecular weight excluding hydrogens is 908 g/mol. The standard InChI is InChI=1S/C50H57ClN8O8S/c1-50(2)15-10-33(40(30-50)32-4-6-36(51)7-5-32)12-18-56-19-21-57(22-20-56)37-8-9-39(42(27-37)58-17-3-23-66-49-44(58)26-35-11-16-52-47(35)54-49)48(60)55-68(63,64)38-28-43(59(61)62)46-45(29-38)67-31-41(53-46)34-13-24-65-25-14-34/h4-9,11,16,26-29,34,41,53H,3,10,12-15,17-25,30-31H2,1-2H3,(H,52,54)(H,55,60)/t41-/m0/s1. The van der Waals surface area contributed by atoms with Gasteiger partial charge in [0.25, 0.3) is 21.6 Å². The van der Waals surface area contributed by atoms with E-state index in [4.69, 9.17) is 30.8 Å². The molecule has 6 heterocycles. The number of aromatic nitrogens is 2. The summed E-state index contributed by atoms with van der Waals surface area (Å²) in [6.07, 6.45) is 8.24. The molecule has 0 unspecified atom stereocenters. The molecule has 2 saturated heterocycles. The highest BCUT2D eigenvalue weighted by Crippen LogP contribution is 2.46. The summed E-state index contributed by atoms with van der Waals surface area (Å²) in [5.41, 5.74) is 6.89. The maximum absolute atomic E-state index is 14.5. The third kappa shape index (κ3) is 9.58. The minimum absolute atomic E-state index is 0.0306. The molecule has 16 nitrogen and oxygen atoms in total. The number of nitrogens with one attached hydrogen (secondary N) is 3. The molecule has 2 aromatic heterocycles.